The van der Waals surface area contributed by atoms with Gasteiger partial charge in [0.05, 0.1) is 19.6 Å². The van der Waals surface area contributed by atoms with Gasteiger partial charge in [0.15, 0.2) is 0 Å². The molecule has 0 aliphatic heterocycles. The third-order valence-electron chi connectivity index (χ3n) is 1.33. The maximum atomic E-state index is 11.0. The van der Waals surface area contributed by atoms with Crippen LogP contribution in [0.3, 0.4) is 0 Å². The Balaban J connectivity index is 3.44. The van der Waals surface area contributed by atoms with Gasteiger partial charge < -0.3 is 10.6 Å². The van der Waals surface area contributed by atoms with Crippen LogP contribution < -0.4 is 16.0 Å². The summed E-state index contributed by atoms with van der Waals surface area (Å²) in [7, 11) is 0. The fourth-order valence-electron chi connectivity index (χ4n) is 0.749. The van der Waals surface area contributed by atoms with E-state index in [1.54, 1.807) is 0 Å². The van der Waals surface area contributed by atoms with Gasteiger partial charge in [-0.3, -0.25) is 14.9 Å². The van der Waals surface area contributed by atoms with E-state index in [1.165, 1.54) is 0 Å². The van der Waals surface area contributed by atoms with E-state index in [9.17, 15) is 9.59 Å². The van der Waals surface area contributed by atoms with Crippen molar-refractivity contribution in [1.82, 2.24) is 16.0 Å². The lowest BCUT2D eigenvalue weighted by Gasteiger charge is -2.04. The van der Waals surface area contributed by atoms with Crippen LogP contribution >= 0.6 is 0 Å². The zero-order chi connectivity index (χ0) is 10.8. The highest BCUT2D eigenvalue weighted by Gasteiger charge is 2.02. The van der Waals surface area contributed by atoms with E-state index in [-0.39, 0.29) is 24.9 Å². The highest BCUT2D eigenvalue weighted by Crippen LogP contribution is 1.67. The molecular formula is C9H15N3O2. The highest BCUT2D eigenvalue weighted by molar-refractivity contribution is 5.85. The molecule has 0 aromatic heterocycles. The van der Waals surface area contributed by atoms with Crippen molar-refractivity contribution in [3.8, 4) is 12.3 Å². The van der Waals surface area contributed by atoms with Crippen LogP contribution in [0, 0.1) is 12.3 Å². The van der Waals surface area contributed by atoms with Gasteiger partial charge in [0.2, 0.25) is 11.8 Å². The molecular weight excluding hydrogens is 182 g/mol. The summed E-state index contributed by atoms with van der Waals surface area (Å²) in [5.41, 5.74) is 0. The van der Waals surface area contributed by atoms with Gasteiger partial charge in [0, 0.05) is 6.54 Å². The minimum absolute atomic E-state index is 0.00437. The smallest absolute Gasteiger partial charge is 0.239 e. The second kappa shape index (κ2) is 8.08. The third kappa shape index (κ3) is 7.13. The number of likely N-dealkylation sites (N-methyl/N-ethyl adjacent to an activating group) is 1. The van der Waals surface area contributed by atoms with Crippen LogP contribution in [0.1, 0.15) is 6.92 Å². The maximum absolute atomic E-state index is 11.0. The molecule has 0 unspecified atom stereocenters. The van der Waals surface area contributed by atoms with Gasteiger partial charge in [-0.25, -0.2) is 0 Å². The predicted octanol–water partition coefficient (Wildman–Crippen LogP) is -1.54. The van der Waals surface area contributed by atoms with Gasteiger partial charge >= 0.3 is 0 Å². The first-order chi connectivity index (χ1) is 6.70. The second-order valence-corrected chi connectivity index (χ2v) is 2.54. The van der Waals surface area contributed by atoms with Crippen molar-refractivity contribution < 1.29 is 9.59 Å². The Bertz CT molecular complexity index is 233. The van der Waals surface area contributed by atoms with Gasteiger partial charge in [0.1, 0.15) is 0 Å². The molecule has 5 heteroatoms. The minimum Gasteiger partial charge on any atom is -0.355 e. The number of hydrogen-bond acceptors (Lipinski definition) is 3. The summed E-state index contributed by atoms with van der Waals surface area (Å²) in [4.78, 5) is 21.9. The Morgan fingerprint density at radius 1 is 1.21 bits per heavy atom. The van der Waals surface area contributed by atoms with Gasteiger partial charge in [-0.2, -0.15) is 0 Å². The number of rotatable bonds is 6. The quantitative estimate of drug-likeness (QED) is 0.357. The number of carbonyl (C=O) groups is 2. The molecule has 2 amide bonds. The zero-order valence-corrected chi connectivity index (χ0v) is 8.22. The first-order valence-corrected chi connectivity index (χ1v) is 4.38. The van der Waals surface area contributed by atoms with Crippen LogP contribution in [-0.4, -0.2) is 38.0 Å². The molecule has 0 atom stereocenters. The topological polar surface area (TPSA) is 70.2 Å². The molecule has 0 saturated heterocycles. The number of amides is 2. The van der Waals surface area contributed by atoms with Crippen molar-refractivity contribution in [2.75, 3.05) is 26.2 Å². The van der Waals surface area contributed by atoms with E-state index in [0.717, 1.165) is 0 Å². The minimum atomic E-state index is -0.244. The average molecular weight is 197 g/mol. The Hall–Kier alpha value is -1.54. The van der Waals surface area contributed by atoms with E-state index < -0.39 is 0 Å². The molecule has 3 N–H and O–H groups in total. The Kier molecular flexibility index (Phi) is 7.19. The van der Waals surface area contributed by atoms with E-state index in [1.807, 2.05) is 6.92 Å². The summed E-state index contributed by atoms with van der Waals surface area (Å²) in [6.45, 7) is 2.85. The molecule has 78 valence electrons. The van der Waals surface area contributed by atoms with Crippen molar-refractivity contribution in [2.45, 2.75) is 6.92 Å². The zero-order valence-electron chi connectivity index (χ0n) is 8.22. The SMILES string of the molecule is C#CCNCC(=O)NCC(=O)NCC. The molecule has 0 radical (unpaired) electrons. The second-order valence-electron chi connectivity index (χ2n) is 2.54. The third-order valence-corrected chi connectivity index (χ3v) is 1.33. The van der Waals surface area contributed by atoms with E-state index in [2.05, 4.69) is 21.9 Å². The van der Waals surface area contributed by atoms with Crippen LogP contribution in [0.25, 0.3) is 0 Å². The van der Waals surface area contributed by atoms with Crippen molar-refractivity contribution in [3.05, 3.63) is 0 Å². The van der Waals surface area contributed by atoms with Crippen LogP contribution in [0.5, 0.6) is 0 Å². The largest absolute Gasteiger partial charge is 0.355 e. The molecule has 0 aliphatic rings. The monoisotopic (exact) mass is 197 g/mol. The lowest BCUT2D eigenvalue weighted by atomic mass is 10.5. The van der Waals surface area contributed by atoms with E-state index >= 15 is 0 Å². The van der Waals surface area contributed by atoms with Crippen LogP contribution in [0.2, 0.25) is 0 Å². The number of nitrogens with one attached hydrogen (secondary N) is 3. The number of terminal acetylenes is 1. The van der Waals surface area contributed by atoms with Crippen molar-refractivity contribution >= 4 is 11.8 Å². The molecule has 0 spiro atoms. The molecule has 14 heavy (non-hydrogen) atoms. The standard InChI is InChI=1S/C9H15N3O2/c1-3-5-10-6-8(13)12-7-9(14)11-4-2/h1,10H,4-7H2,2H3,(H,11,14)(H,12,13). The summed E-state index contributed by atoms with van der Waals surface area (Å²) in [6.07, 6.45) is 4.97. The molecule has 0 fully saturated rings. The summed E-state index contributed by atoms with van der Waals surface area (Å²) in [5, 5.41) is 7.72. The van der Waals surface area contributed by atoms with Crippen molar-refractivity contribution in [2.24, 2.45) is 0 Å². The Labute approximate surface area is 83.6 Å². The average Bonchev–Trinajstić information content (AvgIpc) is 2.16. The van der Waals surface area contributed by atoms with Gasteiger partial charge in [-0.05, 0) is 6.92 Å². The molecule has 5 nitrogen and oxygen atoms in total. The van der Waals surface area contributed by atoms with Crippen LogP contribution in [0.4, 0.5) is 0 Å². The Morgan fingerprint density at radius 3 is 2.43 bits per heavy atom. The molecule has 0 aromatic rings. The molecule has 0 bridgehead atoms. The molecule has 0 heterocycles. The normalized spacial score (nSPS) is 8.86. The van der Waals surface area contributed by atoms with Gasteiger partial charge in [-0.1, -0.05) is 5.92 Å². The summed E-state index contributed by atoms with van der Waals surface area (Å²) in [5.74, 6) is 1.90. The fraction of sp³-hybridized carbons (Fsp3) is 0.556. The molecule has 0 aromatic carbocycles. The van der Waals surface area contributed by atoms with Crippen molar-refractivity contribution in [1.29, 1.82) is 0 Å². The number of carbonyl (C=O) groups excluding carboxylic acids is 2. The summed E-state index contributed by atoms with van der Waals surface area (Å²) in [6, 6.07) is 0. The summed E-state index contributed by atoms with van der Waals surface area (Å²) >= 11 is 0. The molecule has 0 aliphatic carbocycles. The fourth-order valence-corrected chi connectivity index (χ4v) is 0.749. The highest BCUT2D eigenvalue weighted by atomic mass is 16.2. The molecule has 0 rings (SSSR count). The van der Waals surface area contributed by atoms with E-state index in [4.69, 9.17) is 6.42 Å². The lowest BCUT2D eigenvalue weighted by molar-refractivity contribution is -0.125. The number of hydrogen-bond donors (Lipinski definition) is 3. The molecule has 0 saturated carbocycles. The predicted molar refractivity (Wildman–Crippen MR) is 53.4 cm³/mol. The van der Waals surface area contributed by atoms with Crippen LogP contribution in [-0.2, 0) is 9.59 Å². The first-order valence-electron chi connectivity index (χ1n) is 4.38. The van der Waals surface area contributed by atoms with E-state index in [0.29, 0.717) is 13.1 Å². The Morgan fingerprint density at radius 2 is 1.86 bits per heavy atom. The lowest BCUT2D eigenvalue weighted by Crippen LogP contribution is -2.40. The van der Waals surface area contributed by atoms with Crippen LogP contribution in [0.15, 0.2) is 0 Å². The first kappa shape index (κ1) is 12.5. The van der Waals surface area contributed by atoms with Crippen molar-refractivity contribution in [3.63, 3.8) is 0 Å². The summed E-state index contributed by atoms with van der Waals surface area (Å²) < 4.78 is 0. The maximum Gasteiger partial charge on any atom is 0.239 e. The van der Waals surface area contributed by atoms with Gasteiger partial charge in [-0.15, -0.1) is 6.42 Å². The van der Waals surface area contributed by atoms with Gasteiger partial charge in [0.25, 0.3) is 0 Å².